The molecule has 1 unspecified atom stereocenters. The molecule has 0 saturated carbocycles. The molecule has 1 saturated heterocycles. The molecule has 2 heterocycles. The number of rotatable bonds is 3. The van der Waals surface area contributed by atoms with Crippen molar-refractivity contribution >= 4 is 23.4 Å². The first-order valence-electron chi connectivity index (χ1n) is 6.01. The molecule has 1 fully saturated rings. The fourth-order valence-corrected chi connectivity index (χ4v) is 3.30. The third-order valence-corrected chi connectivity index (χ3v) is 4.65. The van der Waals surface area contributed by atoms with E-state index in [1.165, 1.54) is 0 Å². The Labute approximate surface area is 114 Å². The lowest BCUT2D eigenvalue weighted by molar-refractivity contribution is -0.137. The van der Waals surface area contributed by atoms with Crippen LogP contribution in [0.4, 0.5) is 24.8 Å². The Hall–Kier alpha value is -1.11. The maximum atomic E-state index is 12.6. The zero-order valence-electron chi connectivity index (χ0n) is 10.5. The Morgan fingerprint density at radius 3 is 2.79 bits per heavy atom. The zero-order valence-corrected chi connectivity index (χ0v) is 11.4. The number of nitrogens with zero attached hydrogens (tertiary/aromatic N) is 1. The van der Waals surface area contributed by atoms with Crippen LogP contribution in [-0.2, 0) is 6.18 Å². The van der Waals surface area contributed by atoms with Crippen LogP contribution in [-0.4, -0.2) is 22.0 Å². The van der Waals surface area contributed by atoms with E-state index in [0.29, 0.717) is 6.54 Å². The fraction of sp³-hybridized carbons (Fsp3) is 0.583. The number of alkyl halides is 3. The van der Waals surface area contributed by atoms with Crippen LogP contribution in [0.5, 0.6) is 0 Å². The van der Waals surface area contributed by atoms with E-state index >= 15 is 0 Å². The molecule has 0 radical (unpaired) electrons. The summed E-state index contributed by atoms with van der Waals surface area (Å²) in [6.07, 6.45) is -2.21. The smallest absolute Gasteiger partial charge is 0.384 e. The minimum absolute atomic E-state index is 0.0602. The standard InChI is InChI=1S/C12H16F3N3S/c1-11(3-2-4-19-11)7-17-10-6-8(12(13,14)15)5-9(16)18-10/h5-6H,2-4,7H2,1H3,(H3,16,17,18). The first kappa shape index (κ1) is 14.3. The number of thioether (sulfide) groups is 1. The predicted molar refractivity (Wildman–Crippen MR) is 72.2 cm³/mol. The quantitative estimate of drug-likeness (QED) is 0.896. The zero-order chi connectivity index (χ0) is 14.1. The molecule has 1 aromatic heterocycles. The maximum Gasteiger partial charge on any atom is 0.416 e. The van der Waals surface area contributed by atoms with Gasteiger partial charge in [-0.15, -0.1) is 0 Å². The highest BCUT2D eigenvalue weighted by molar-refractivity contribution is 8.00. The van der Waals surface area contributed by atoms with Crippen molar-refractivity contribution in [1.29, 1.82) is 0 Å². The summed E-state index contributed by atoms with van der Waals surface area (Å²) < 4.78 is 38.0. The highest BCUT2D eigenvalue weighted by Crippen LogP contribution is 2.38. The fourth-order valence-electron chi connectivity index (χ4n) is 2.06. The molecule has 0 bridgehead atoms. The van der Waals surface area contributed by atoms with E-state index < -0.39 is 11.7 Å². The Morgan fingerprint density at radius 2 is 2.21 bits per heavy atom. The largest absolute Gasteiger partial charge is 0.416 e. The molecule has 2 rings (SSSR count). The van der Waals surface area contributed by atoms with Gasteiger partial charge in [-0.05, 0) is 37.7 Å². The van der Waals surface area contributed by atoms with E-state index in [-0.39, 0.29) is 16.4 Å². The van der Waals surface area contributed by atoms with Gasteiger partial charge in [-0.2, -0.15) is 24.9 Å². The summed E-state index contributed by atoms with van der Waals surface area (Å²) in [6.45, 7) is 2.69. The molecule has 0 amide bonds. The van der Waals surface area contributed by atoms with Gasteiger partial charge in [-0.3, -0.25) is 0 Å². The summed E-state index contributed by atoms with van der Waals surface area (Å²) in [6, 6.07) is 1.84. The maximum absolute atomic E-state index is 12.6. The van der Waals surface area contributed by atoms with Crippen LogP contribution in [0.1, 0.15) is 25.3 Å². The summed E-state index contributed by atoms with van der Waals surface area (Å²) >= 11 is 1.83. The average molecular weight is 291 g/mol. The van der Waals surface area contributed by atoms with Gasteiger partial charge in [-0.25, -0.2) is 4.98 Å². The van der Waals surface area contributed by atoms with Gasteiger partial charge in [0, 0.05) is 11.3 Å². The first-order valence-corrected chi connectivity index (χ1v) is 7.00. The molecule has 1 atom stereocenters. The van der Waals surface area contributed by atoms with E-state index in [0.717, 1.165) is 30.7 Å². The van der Waals surface area contributed by atoms with E-state index in [2.05, 4.69) is 17.2 Å². The van der Waals surface area contributed by atoms with Crippen molar-refractivity contribution in [2.75, 3.05) is 23.3 Å². The number of aromatic nitrogens is 1. The molecule has 0 spiro atoms. The van der Waals surface area contributed by atoms with E-state index in [9.17, 15) is 13.2 Å². The molecular weight excluding hydrogens is 275 g/mol. The number of nitrogens with one attached hydrogen (secondary N) is 1. The van der Waals surface area contributed by atoms with Crippen molar-refractivity contribution in [3.05, 3.63) is 17.7 Å². The molecule has 19 heavy (non-hydrogen) atoms. The minimum atomic E-state index is -4.40. The third-order valence-electron chi connectivity index (χ3n) is 3.12. The lowest BCUT2D eigenvalue weighted by Crippen LogP contribution is -2.27. The van der Waals surface area contributed by atoms with Gasteiger partial charge in [0.15, 0.2) is 0 Å². The van der Waals surface area contributed by atoms with Crippen molar-refractivity contribution in [1.82, 2.24) is 4.98 Å². The first-order chi connectivity index (χ1) is 8.78. The van der Waals surface area contributed by atoms with Crippen molar-refractivity contribution in [3.63, 3.8) is 0 Å². The van der Waals surface area contributed by atoms with Crippen LogP contribution >= 0.6 is 11.8 Å². The number of hydrogen-bond donors (Lipinski definition) is 2. The minimum Gasteiger partial charge on any atom is -0.384 e. The lowest BCUT2D eigenvalue weighted by Gasteiger charge is -2.23. The average Bonchev–Trinajstić information content (AvgIpc) is 2.72. The molecule has 1 aliphatic heterocycles. The summed E-state index contributed by atoms with van der Waals surface area (Å²) in [7, 11) is 0. The number of anilines is 2. The van der Waals surface area contributed by atoms with Crippen LogP contribution in [0, 0.1) is 0 Å². The molecule has 106 valence electrons. The van der Waals surface area contributed by atoms with Crippen LogP contribution in [0.25, 0.3) is 0 Å². The monoisotopic (exact) mass is 291 g/mol. The molecule has 1 aliphatic rings. The predicted octanol–water partition coefficient (Wildman–Crippen LogP) is 3.38. The Bertz CT molecular complexity index is 456. The lowest BCUT2D eigenvalue weighted by atomic mass is 10.1. The topological polar surface area (TPSA) is 50.9 Å². The number of hydrogen-bond acceptors (Lipinski definition) is 4. The second kappa shape index (κ2) is 5.11. The Balaban J connectivity index is 2.10. The van der Waals surface area contributed by atoms with Gasteiger partial charge < -0.3 is 11.1 Å². The van der Waals surface area contributed by atoms with E-state index in [1.54, 1.807) is 0 Å². The van der Waals surface area contributed by atoms with Crippen molar-refractivity contribution in [2.24, 2.45) is 0 Å². The SMILES string of the molecule is CC1(CNc2cc(C(F)(F)F)cc(N)n2)CCCS1. The summed E-state index contributed by atoms with van der Waals surface area (Å²) in [5.41, 5.74) is 4.64. The normalized spacial score (nSPS) is 23.6. The van der Waals surface area contributed by atoms with Gasteiger partial charge in [0.1, 0.15) is 11.6 Å². The van der Waals surface area contributed by atoms with Crippen molar-refractivity contribution < 1.29 is 13.2 Å². The van der Waals surface area contributed by atoms with Crippen LogP contribution in [0.2, 0.25) is 0 Å². The van der Waals surface area contributed by atoms with Crippen LogP contribution < -0.4 is 11.1 Å². The van der Waals surface area contributed by atoms with Crippen molar-refractivity contribution in [2.45, 2.75) is 30.7 Å². The molecule has 0 aliphatic carbocycles. The van der Waals surface area contributed by atoms with E-state index in [1.807, 2.05) is 11.8 Å². The molecule has 3 N–H and O–H groups in total. The van der Waals surface area contributed by atoms with Gasteiger partial charge in [0.2, 0.25) is 0 Å². The Kier molecular flexibility index (Phi) is 3.85. The summed E-state index contributed by atoms with van der Waals surface area (Å²) in [5.74, 6) is 1.15. The van der Waals surface area contributed by atoms with Gasteiger partial charge in [0.05, 0.1) is 5.56 Å². The number of nitrogen functional groups attached to an aromatic ring is 1. The van der Waals surface area contributed by atoms with Crippen molar-refractivity contribution in [3.8, 4) is 0 Å². The molecule has 7 heteroatoms. The highest BCUT2D eigenvalue weighted by Gasteiger charge is 2.32. The highest BCUT2D eigenvalue weighted by atomic mass is 32.2. The van der Waals surface area contributed by atoms with Gasteiger partial charge in [0.25, 0.3) is 0 Å². The molecule has 3 nitrogen and oxygen atoms in total. The summed E-state index contributed by atoms with van der Waals surface area (Å²) in [5, 5.41) is 2.97. The van der Waals surface area contributed by atoms with E-state index in [4.69, 9.17) is 5.73 Å². The number of halogens is 3. The molecule has 0 aromatic carbocycles. The second-order valence-electron chi connectivity index (χ2n) is 4.92. The van der Waals surface area contributed by atoms with Crippen LogP contribution in [0.15, 0.2) is 12.1 Å². The van der Waals surface area contributed by atoms with Gasteiger partial charge >= 0.3 is 6.18 Å². The molecule has 1 aromatic rings. The van der Waals surface area contributed by atoms with Gasteiger partial charge in [-0.1, -0.05) is 0 Å². The second-order valence-corrected chi connectivity index (χ2v) is 6.60. The number of pyridine rings is 1. The molecular formula is C12H16F3N3S. The third kappa shape index (κ3) is 3.68. The van der Waals surface area contributed by atoms with Crippen LogP contribution in [0.3, 0.4) is 0 Å². The Morgan fingerprint density at radius 1 is 1.47 bits per heavy atom. The summed E-state index contributed by atoms with van der Waals surface area (Å²) in [4.78, 5) is 3.90. The number of nitrogens with two attached hydrogens (primary N) is 1.